The summed E-state index contributed by atoms with van der Waals surface area (Å²) in [6, 6.07) is 13.4. The third-order valence-electron chi connectivity index (χ3n) is 2.27. The van der Waals surface area contributed by atoms with E-state index in [-0.39, 0.29) is 12.4 Å². The van der Waals surface area contributed by atoms with E-state index >= 15 is 0 Å². The lowest BCUT2D eigenvalue weighted by atomic mass is 10.2. The molecule has 2 aromatic rings. The predicted octanol–water partition coefficient (Wildman–Crippen LogP) is 3.16. The Balaban J connectivity index is 2.11. The summed E-state index contributed by atoms with van der Waals surface area (Å²) in [6.07, 6.45) is 0. The lowest BCUT2D eigenvalue weighted by molar-refractivity contribution is -0.120. The molecule has 0 aliphatic heterocycles. The molecule has 0 saturated heterocycles. The van der Waals surface area contributed by atoms with Gasteiger partial charge in [-0.25, -0.2) is 4.79 Å². The third-order valence-corrected chi connectivity index (χ3v) is 3.39. The second kappa shape index (κ2) is 5.60. The van der Waals surface area contributed by atoms with E-state index in [2.05, 4.69) is 0 Å². The number of ketones is 1. The molecule has 0 unspecified atom stereocenters. The zero-order chi connectivity index (χ0) is 13.0. The molecule has 0 fully saturated rings. The van der Waals surface area contributed by atoms with E-state index in [1.165, 1.54) is 18.3 Å². The summed E-state index contributed by atoms with van der Waals surface area (Å²) in [5.74, 6) is -0.611. The van der Waals surface area contributed by atoms with Crippen molar-refractivity contribution in [1.82, 2.24) is 0 Å². The van der Waals surface area contributed by atoms with Crippen molar-refractivity contribution in [2.24, 2.45) is 0 Å². The Kier molecular flexibility index (Phi) is 3.89. The van der Waals surface area contributed by atoms with Gasteiger partial charge in [0.05, 0.1) is 0 Å². The molecule has 0 saturated carbocycles. The van der Waals surface area contributed by atoms with Gasteiger partial charge in [-0.2, -0.15) is 0 Å². The highest BCUT2D eigenvalue weighted by Crippen LogP contribution is 2.28. The van der Waals surface area contributed by atoms with Crippen LogP contribution in [-0.4, -0.2) is 18.4 Å². The topological polar surface area (TPSA) is 43.4 Å². The fourth-order valence-corrected chi connectivity index (χ4v) is 2.35. The van der Waals surface area contributed by atoms with Crippen molar-refractivity contribution < 1.29 is 14.3 Å². The van der Waals surface area contributed by atoms with Crippen LogP contribution >= 0.6 is 11.3 Å². The summed E-state index contributed by atoms with van der Waals surface area (Å²) in [6.45, 7) is 1.22. The van der Waals surface area contributed by atoms with Crippen molar-refractivity contribution in [3.8, 4) is 10.4 Å². The number of carbonyl (C=O) groups is 2. The number of hydrogen-bond donors (Lipinski definition) is 0. The van der Waals surface area contributed by atoms with Crippen LogP contribution in [-0.2, 0) is 9.53 Å². The predicted molar refractivity (Wildman–Crippen MR) is 70.7 cm³/mol. The Labute approximate surface area is 109 Å². The number of esters is 1. The second-order valence-electron chi connectivity index (χ2n) is 3.81. The zero-order valence-corrected chi connectivity index (χ0v) is 10.7. The number of hydrogen-bond acceptors (Lipinski definition) is 4. The van der Waals surface area contributed by atoms with Gasteiger partial charge in [-0.05, 0) is 24.6 Å². The van der Waals surface area contributed by atoms with Crippen LogP contribution in [0, 0.1) is 0 Å². The molecule has 18 heavy (non-hydrogen) atoms. The fourth-order valence-electron chi connectivity index (χ4n) is 1.44. The number of carbonyl (C=O) groups excluding carboxylic acids is 2. The van der Waals surface area contributed by atoms with Crippen LogP contribution in [0.5, 0.6) is 0 Å². The van der Waals surface area contributed by atoms with Gasteiger partial charge in [-0.3, -0.25) is 4.79 Å². The van der Waals surface area contributed by atoms with E-state index in [4.69, 9.17) is 4.74 Å². The lowest BCUT2D eigenvalue weighted by Crippen LogP contribution is -2.09. The minimum absolute atomic E-state index is 0.164. The molecule has 1 aromatic carbocycles. The maximum absolute atomic E-state index is 11.6. The first-order valence-electron chi connectivity index (χ1n) is 5.48. The van der Waals surface area contributed by atoms with Crippen LogP contribution in [0.3, 0.4) is 0 Å². The molecule has 0 bridgehead atoms. The number of benzene rings is 1. The van der Waals surface area contributed by atoms with Gasteiger partial charge in [0.2, 0.25) is 0 Å². The maximum Gasteiger partial charge on any atom is 0.348 e. The molecule has 92 valence electrons. The minimum atomic E-state index is -0.447. The van der Waals surface area contributed by atoms with Gasteiger partial charge < -0.3 is 4.74 Å². The molecule has 3 nitrogen and oxygen atoms in total. The molecule has 0 atom stereocenters. The number of thiophene rings is 1. The Morgan fingerprint density at radius 2 is 1.83 bits per heavy atom. The lowest BCUT2D eigenvalue weighted by Gasteiger charge is -1.99. The van der Waals surface area contributed by atoms with E-state index in [1.54, 1.807) is 6.07 Å². The third kappa shape index (κ3) is 3.05. The molecule has 0 N–H and O–H groups in total. The molecule has 1 aromatic heterocycles. The summed E-state index contributed by atoms with van der Waals surface area (Å²) in [4.78, 5) is 23.9. The average Bonchev–Trinajstić information content (AvgIpc) is 2.86. The summed E-state index contributed by atoms with van der Waals surface area (Å²) in [5.41, 5.74) is 1.06. The molecule has 0 radical (unpaired) electrons. The van der Waals surface area contributed by atoms with E-state index in [9.17, 15) is 9.59 Å². The molecular formula is C14H12O3S. The Morgan fingerprint density at radius 3 is 2.50 bits per heavy atom. The van der Waals surface area contributed by atoms with Crippen molar-refractivity contribution in [3.63, 3.8) is 0 Å². The first-order chi connectivity index (χ1) is 8.66. The Hall–Kier alpha value is -1.94. The van der Waals surface area contributed by atoms with Gasteiger partial charge in [0.15, 0.2) is 5.78 Å². The smallest absolute Gasteiger partial charge is 0.348 e. The monoisotopic (exact) mass is 260 g/mol. The molecule has 0 aliphatic rings. The van der Waals surface area contributed by atoms with Gasteiger partial charge in [0, 0.05) is 4.88 Å². The molecular weight excluding hydrogens is 248 g/mol. The highest BCUT2D eigenvalue weighted by molar-refractivity contribution is 7.17. The van der Waals surface area contributed by atoms with Gasteiger partial charge >= 0.3 is 5.97 Å². The standard InChI is InChI=1S/C14H12O3S/c1-10(15)9-17-14(16)13-8-7-12(18-13)11-5-3-2-4-6-11/h2-8H,9H2,1H3. The van der Waals surface area contributed by atoms with Crippen LogP contribution in [0.25, 0.3) is 10.4 Å². The van der Waals surface area contributed by atoms with Crippen molar-refractivity contribution in [1.29, 1.82) is 0 Å². The van der Waals surface area contributed by atoms with Gasteiger partial charge in [0.25, 0.3) is 0 Å². The normalized spacial score (nSPS) is 10.1. The van der Waals surface area contributed by atoms with E-state index < -0.39 is 5.97 Å². The second-order valence-corrected chi connectivity index (χ2v) is 4.89. The summed E-state index contributed by atoms with van der Waals surface area (Å²) in [7, 11) is 0. The van der Waals surface area contributed by atoms with E-state index in [0.717, 1.165) is 10.4 Å². The summed E-state index contributed by atoms with van der Waals surface area (Å²) >= 11 is 1.36. The highest BCUT2D eigenvalue weighted by Gasteiger charge is 2.12. The van der Waals surface area contributed by atoms with Crippen LogP contribution in [0.15, 0.2) is 42.5 Å². The average molecular weight is 260 g/mol. The van der Waals surface area contributed by atoms with Crippen molar-refractivity contribution >= 4 is 23.1 Å². The largest absolute Gasteiger partial charge is 0.454 e. The fraction of sp³-hybridized carbons (Fsp3) is 0.143. The van der Waals surface area contributed by atoms with E-state index in [0.29, 0.717) is 4.88 Å². The highest BCUT2D eigenvalue weighted by atomic mass is 32.1. The summed E-state index contributed by atoms with van der Waals surface area (Å²) in [5, 5.41) is 0. The maximum atomic E-state index is 11.6. The first-order valence-corrected chi connectivity index (χ1v) is 6.30. The van der Waals surface area contributed by atoms with Crippen LogP contribution in [0.1, 0.15) is 16.6 Å². The number of ether oxygens (including phenoxy) is 1. The molecule has 2 rings (SSSR count). The molecule has 0 spiro atoms. The number of rotatable bonds is 4. The van der Waals surface area contributed by atoms with Crippen molar-refractivity contribution in [3.05, 3.63) is 47.3 Å². The molecule has 0 aliphatic carbocycles. The van der Waals surface area contributed by atoms with Gasteiger partial charge in [-0.1, -0.05) is 30.3 Å². The van der Waals surface area contributed by atoms with Gasteiger partial charge in [0.1, 0.15) is 11.5 Å². The van der Waals surface area contributed by atoms with Gasteiger partial charge in [-0.15, -0.1) is 11.3 Å². The molecule has 0 amide bonds. The first kappa shape index (κ1) is 12.5. The van der Waals surface area contributed by atoms with Crippen LogP contribution in [0.4, 0.5) is 0 Å². The van der Waals surface area contributed by atoms with E-state index in [1.807, 2.05) is 36.4 Å². The molecule has 1 heterocycles. The van der Waals surface area contributed by atoms with Crippen LogP contribution in [0.2, 0.25) is 0 Å². The number of Topliss-reactive ketones (excluding diaryl/α,β-unsaturated/α-hetero) is 1. The molecule has 4 heteroatoms. The van der Waals surface area contributed by atoms with Crippen LogP contribution < -0.4 is 0 Å². The minimum Gasteiger partial charge on any atom is -0.454 e. The Morgan fingerprint density at radius 1 is 1.11 bits per heavy atom. The Bertz CT molecular complexity index is 557. The zero-order valence-electron chi connectivity index (χ0n) is 9.88. The SMILES string of the molecule is CC(=O)COC(=O)c1ccc(-c2ccccc2)s1. The quantitative estimate of drug-likeness (QED) is 0.793. The van der Waals surface area contributed by atoms with Crippen molar-refractivity contribution in [2.75, 3.05) is 6.61 Å². The van der Waals surface area contributed by atoms with Crippen molar-refractivity contribution in [2.45, 2.75) is 6.92 Å². The summed E-state index contributed by atoms with van der Waals surface area (Å²) < 4.78 is 4.86.